The zero-order valence-corrected chi connectivity index (χ0v) is 14.3. The lowest BCUT2D eigenvalue weighted by Gasteiger charge is -2.40. The lowest BCUT2D eigenvalue weighted by Crippen LogP contribution is -2.33. The number of alkyl halides is 1. The van der Waals surface area contributed by atoms with Crippen molar-refractivity contribution in [3.8, 4) is 0 Å². The van der Waals surface area contributed by atoms with Crippen LogP contribution in [0, 0.1) is 24.2 Å². The molecule has 1 aromatic carbocycles. The monoisotopic (exact) mass is 322 g/mol. The van der Waals surface area contributed by atoms with Gasteiger partial charge in [0.1, 0.15) is 0 Å². The normalized spacial score (nSPS) is 28.4. The van der Waals surface area contributed by atoms with E-state index < -0.39 is 0 Å². The summed E-state index contributed by atoms with van der Waals surface area (Å²) >= 11 is 3.92. The van der Waals surface area contributed by atoms with Gasteiger partial charge in [-0.15, -0.1) is 0 Å². The Hall–Kier alpha value is -0.300. The van der Waals surface area contributed by atoms with Crippen LogP contribution in [0.3, 0.4) is 0 Å². The van der Waals surface area contributed by atoms with Crippen LogP contribution in [0.2, 0.25) is 0 Å². The molecule has 19 heavy (non-hydrogen) atoms. The summed E-state index contributed by atoms with van der Waals surface area (Å²) in [6.45, 7) is 9.38. The summed E-state index contributed by atoms with van der Waals surface area (Å²) in [5.41, 5.74) is 3.34. The van der Waals surface area contributed by atoms with Gasteiger partial charge in [0.2, 0.25) is 0 Å². The van der Waals surface area contributed by atoms with Gasteiger partial charge in [-0.25, -0.2) is 0 Å². The van der Waals surface area contributed by atoms with E-state index in [-0.39, 0.29) is 0 Å². The number of halogens is 1. The number of hydrogen-bond acceptors (Lipinski definition) is 0. The molecule has 0 amide bonds. The van der Waals surface area contributed by atoms with Gasteiger partial charge in [-0.05, 0) is 55.4 Å². The molecule has 3 unspecified atom stereocenters. The summed E-state index contributed by atoms with van der Waals surface area (Å²) in [7, 11) is 0. The summed E-state index contributed by atoms with van der Waals surface area (Å²) in [6, 6.07) is 9.01. The van der Waals surface area contributed by atoms with Gasteiger partial charge < -0.3 is 0 Å². The topological polar surface area (TPSA) is 0 Å². The first-order chi connectivity index (χ1) is 8.86. The third-order valence-corrected chi connectivity index (χ3v) is 5.90. The van der Waals surface area contributed by atoms with Gasteiger partial charge in [-0.2, -0.15) is 0 Å². The molecule has 0 radical (unpaired) electrons. The van der Waals surface area contributed by atoms with Crippen LogP contribution in [0.1, 0.15) is 51.2 Å². The largest absolute Gasteiger partial charge is 0.0888 e. The number of rotatable bonds is 2. The first-order valence-electron chi connectivity index (χ1n) is 7.56. The zero-order chi connectivity index (χ0) is 14.0. The molecule has 0 bridgehead atoms. The van der Waals surface area contributed by atoms with Gasteiger partial charge >= 0.3 is 0 Å². The minimum atomic E-state index is 0.456. The highest BCUT2D eigenvalue weighted by atomic mass is 79.9. The average molecular weight is 323 g/mol. The number of aryl methyl sites for hydroxylation is 1. The van der Waals surface area contributed by atoms with Gasteiger partial charge in [-0.1, -0.05) is 66.5 Å². The first-order valence-corrected chi connectivity index (χ1v) is 8.47. The smallest absolute Gasteiger partial charge is 0.0177 e. The fourth-order valence-electron chi connectivity index (χ4n) is 3.37. The second kappa shape index (κ2) is 5.99. The maximum absolute atomic E-state index is 3.92. The highest BCUT2D eigenvalue weighted by Gasteiger charge is 2.34. The Balaban J connectivity index is 2.05. The van der Waals surface area contributed by atoms with Gasteiger partial charge in [-0.3, -0.25) is 0 Å². The molecule has 0 heterocycles. The van der Waals surface area contributed by atoms with E-state index in [1.807, 2.05) is 0 Å². The molecule has 0 spiro atoms. The average Bonchev–Trinajstić information content (AvgIpc) is 2.30. The minimum absolute atomic E-state index is 0.456. The SMILES string of the molecule is Cc1cccc(CC2CC(C(C)(C)C)CCC2Br)c1. The second-order valence-electron chi connectivity index (χ2n) is 7.35. The van der Waals surface area contributed by atoms with Crippen molar-refractivity contribution in [1.29, 1.82) is 0 Å². The molecule has 3 atom stereocenters. The van der Waals surface area contributed by atoms with Crippen molar-refractivity contribution in [2.45, 2.75) is 58.2 Å². The highest BCUT2D eigenvalue weighted by molar-refractivity contribution is 9.09. The lowest BCUT2D eigenvalue weighted by molar-refractivity contribution is 0.146. The molecule has 1 fully saturated rings. The maximum Gasteiger partial charge on any atom is 0.0177 e. The van der Waals surface area contributed by atoms with E-state index in [4.69, 9.17) is 0 Å². The molecule has 106 valence electrons. The van der Waals surface area contributed by atoms with Gasteiger partial charge in [0.05, 0.1) is 0 Å². The zero-order valence-electron chi connectivity index (χ0n) is 12.7. The molecular formula is C18H27Br. The van der Waals surface area contributed by atoms with Crippen molar-refractivity contribution >= 4 is 15.9 Å². The molecular weight excluding hydrogens is 296 g/mol. The summed E-state index contributed by atoms with van der Waals surface area (Å²) < 4.78 is 0. The van der Waals surface area contributed by atoms with Crippen LogP contribution in [-0.4, -0.2) is 4.83 Å². The van der Waals surface area contributed by atoms with Crippen molar-refractivity contribution in [3.63, 3.8) is 0 Å². The Morgan fingerprint density at radius 2 is 1.95 bits per heavy atom. The molecule has 1 aromatic rings. The third-order valence-electron chi connectivity index (χ3n) is 4.69. The fourth-order valence-corrected chi connectivity index (χ4v) is 4.03. The minimum Gasteiger partial charge on any atom is -0.0888 e. The summed E-state index contributed by atoms with van der Waals surface area (Å²) in [6.07, 6.45) is 5.31. The molecule has 0 saturated heterocycles. The van der Waals surface area contributed by atoms with Crippen LogP contribution in [0.5, 0.6) is 0 Å². The van der Waals surface area contributed by atoms with Crippen molar-refractivity contribution in [2.24, 2.45) is 17.3 Å². The first kappa shape index (κ1) is 15.1. The van der Waals surface area contributed by atoms with Crippen LogP contribution in [0.4, 0.5) is 0 Å². The Bertz CT molecular complexity index is 416. The van der Waals surface area contributed by atoms with Crippen LogP contribution in [0.25, 0.3) is 0 Å². The van der Waals surface area contributed by atoms with Crippen molar-refractivity contribution in [1.82, 2.24) is 0 Å². The predicted molar refractivity (Wildman–Crippen MR) is 87.9 cm³/mol. The quantitative estimate of drug-likeness (QED) is 0.607. The number of hydrogen-bond donors (Lipinski definition) is 0. The highest BCUT2D eigenvalue weighted by Crippen LogP contribution is 2.43. The third kappa shape index (κ3) is 4.08. The maximum atomic E-state index is 3.92. The molecule has 1 saturated carbocycles. The second-order valence-corrected chi connectivity index (χ2v) is 8.52. The Kier molecular flexibility index (Phi) is 4.76. The van der Waals surface area contributed by atoms with E-state index in [9.17, 15) is 0 Å². The molecule has 2 rings (SSSR count). The van der Waals surface area contributed by atoms with Crippen molar-refractivity contribution < 1.29 is 0 Å². The molecule has 0 N–H and O–H groups in total. The molecule has 1 aliphatic carbocycles. The van der Waals surface area contributed by atoms with Crippen LogP contribution >= 0.6 is 15.9 Å². The Labute approximate surface area is 127 Å². The van der Waals surface area contributed by atoms with Gasteiger partial charge in [0, 0.05) is 4.83 Å². The van der Waals surface area contributed by atoms with Gasteiger partial charge in [0.25, 0.3) is 0 Å². The van der Waals surface area contributed by atoms with E-state index in [0.717, 1.165) is 11.8 Å². The van der Waals surface area contributed by atoms with E-state index in [1.54, 1.807) is 0 Å². The standard InChI is InChI=1S/C18H27Br/c1-13-6-5-7-14(10-13)11-15-12-16(18(2,3)4)8-9-17(15)19/h5-7,10,15-17H,8-9,11-12H2,1-4H3. The van der Waals surface area contributed by atoms with Crippen molar-refractivity contribution in [2.75, 3.05) is 0 Å². The van der Waals surface area contributed by atoms with E-state index >= 15 is 0 Å². The van der Waals surface area contributed by atoms with E-state index in [2.05, 4.69) is 67.9 Å². The Morgan fingerprint density at radius 1 is 1.21 bits per heavy atom. The molecule has 0 aliphatic heterocycles. The van der Waals surface area contributed by atoms with E-state index in [0.29, 0.717) is 10.2 Å². The summed E-state index contributed by atoms with van der Waals surface area (Å²) in [4.78, 5) is 0.701. The molecule has 0 aromatic heterocycles. The van der Waals surface area contributed by atoms with E-state index in [1.165, 1.54) is 36.8 Å². The molecule has 1 aliphatic rings. The number of benzene rings is 1. The molecule has 1 heteroatoms. The lowest BCUT2D eigenvalue weighted by atomic mass is 9.68. The van der Waals surface area contributed by atoms with Crippen LogP contribution < -0.4 is 0 Å². The van der Waals surface area contributed by atoms with Crippen LogP contribution in [0.15, 0.2) is 24.3 Å². The fraction of sp³-hybridized carbons (Fsp3) is 0.667. The summed E-state index contributed by atoms with van der Waals surface area (Å²) in [5, 5.41) is 0. The summed E-state index contributed by atoms with van der Waals surface area (Å²) in [5.74, 6) is 1.66. The van der Waals surface area contributed by atoms with Crippen molar-refractivity contribution in [3.05, 3.63) is 35.4 Å². The predicted octanol–water partition coefficient (Wildman–Crippen LogP) is 5.76. The van der Waals surface area contributed by atoms with Gasteiger partial charge in [0.15, 0.2) is 0 Å². The molecule has 0 nitrogen and oxygen atoms in total. The van der Waals surface area contributed by atoms with Crippen LogP contribution in [-0.2, 0) is 6.42 Å². The Morgan fingerprint density at radius 3 is 2.58 bits per heavy atom.